The smallest absolute Gasteiger partial charge is 0.312 e. The molecule has 0 bridgehead atoms. The van der Waals surface area contributed by atoms with E-state index in [1.54, 1.807) is 19.1 Å². The van der Waals surface area contributed by atoms with Gasteiger partial charge >= 0.3 is 6.03 Å². The standard InChI is InChI=1S/C22H29N5O6S/c1-4-14(3)19(24-22(23)30)21(29)26-25-20(28)15-6-8-16(9-7-15)27-34(31,32)18-12-10-17(11-13-18)33-5-2/h6-14,19,27H,4-5H2,1-3H3,(H,25,28)(H,26,29)(H3,23,24,30). The Kier molecular flexibility index (Phi) is 9.25. The highest BCUT2D eigenvalue weighted by Crippen LogP contribution is 2.19. The van der Waals surface area contributed by atoms with Crippen LogP contribution in [0.25, 0.3) is 0 Å². The topological polar surface area (TPSA) is 169 Å². The lowest BCUT2D eigenvalue weighted by Gasteiger charge is -2.22. The van der Waals surface area contributed by atoms with Gasteiger partial charge in [0.2, 0.25) is 0 Å². The zero-order chi connectivity index (χ0) is 25.3. The van der Waals surface area contributed by atoms with E-state index in [-0.39, 0.29) is 22.1 Å². The van der Waals surface area contributed by atoms with E-state index in [2.05, 4.69) is 20.9 Å². The fourth-order valence-electron chi connectivity index (χ4n) is 2.91. The molecule has 0 fully saturated rings. The number of primary amides is 1. The summed E-state index contributed by atoms with van der Waals surface area (Å²) in [6, 6.07) is 9.83. The first-order valence-electron chi connectivity index (χ1n) is 10.6. The summed E-state index contributed by atoms with van der Waals surface area (Å²) in [6.45, 7) is 5.90. The van der Waals surface area contributed by atoms with Gasteiger partial charge in [0.05, 0.1) is 11.5 Å². The van der Waals surface area contributed by atoms with Gasteiger partial charge < -0.3 is 15.8 Å². The molecular weight excluding hydrogens is 462 g/mol. The number of carbonyl (C=O) groups excluding carboxylic acids is 3. The van der Waals surface area contributed by atoms with Crippen molar-refractivity contribution in [3.8, 4) is 5.75 Å². The van der Waals surface area contributed by atoms with Gasteiger partial charge in [0.1, 0.15) is 11.8 Å². The molecule has 0 saturated heterocycles. The molecule has 0 spiro atoms. The Balaban J connectivity index is 1.99. The summed E-state index contributed by atoms with van der Waals surface area (Å²) < 4.78 is 32.9. The molecule has 0 aliphatic rings. The Labute approximate surface area is 198 Å². The van der Waals surface area contributed by atoms with Gasteiger partial charge in [0.25, 0.3) is 21.8 Å². The third-order valence-corrected chi connectivity index (χ3v) is 6.33. The average Bonchev–Trinajstić information content (AvgIpc) is 2.81. The van der Waals surface area contributed by atoms with Crippen LogP contribution < -0.4 is 31.4 Å². The summed E-state index contributed by atoms with van der Waals surface area (Å²) in [4.78, 5) is 35.9. The number of sulfonamides is 1. The van der Waals surface area contributed by atoms with Crippen molar-refractivity contribution < 1.29 is 27.5 Å². The summed E-state index contributed by atoms with van der Waals surface area (Å²) in [5.74, 6) is -0.908. The number of hydrogen-bond acceptors (Lipinski definition) is 6. The van der Waals surface area contributed by atoms with Crippen LogP contribution >= 0.6 is 0 Å². The van der Waals surface area contributed by atoms with Crippen molar-refractivity contribution in [1.82, 2.24) is 16.2 Å². The van der Waals surface area contributed by atoms with Crippen molar-refractivity contribution in [3.05, 3.63) is 54.1 Å². The number of carbonyl (C=O) groups is 3. The molecule has 184 valence electrons. The molecule has 2 aromatic rings. The molecule has 11 nitrogen and oxygen atoms in total. The molecule has 12 heteroatoms. The fraction of sp³-hybridized carbons (Fsp3) is 0.318. The molecular formula is C22H29N5O6S. The highest BCUT2D eigenvalue weighted by molar-refractivity contribution is 7.92. The molecule has 2 rings (SSSR count). The van der Waals surface area contributed by atoms with Crippen LogP contribution in [0, 0.1) is 5.92 Å². The number of nitrogens with two attached hydrogens (primary N) is 1. The van der Waals surface area contributed by atoms with Gasteiger partial charge in [-0.3, -0.25) is 25.2 Å². The molecule has 2 atom stereocenters. The van der Waals surface area contributed by atoms with Crippen LogP contribution in [0.3, 0.4) is 0 Å². The van der Waals surface area contributed by atoms with E-state index < -0.39 is 33.9 Å². The van der Waals surface area contributed by atoms with E-state index in [1.165, 1.54) is 36.4 Å². The van der Waals surface area contributed by atoms with Crippen LogP contribution in [0.2, 0.25) is 0 Å². The molecule has 0 aromatic heterocycles. The largest absolute Gasteiger partial charge is 0.494 e. The van der Waals surface area contributed by atoms with E-state index >= 15 is 0 Å². The Bertz CT molecular complexity index is 1100. The fourth-order valence-corrected chi connectivity index (χ4v) is 3.97. The molecule has 0 aliphatic carbocycles. The van der Waals surface area contributed by atoms with E-state index in [9.17, 15) is 22.8 Å². The number of nitrogens with one attached hydrogen (secondary N) is 4. The Morgan fingerprint density at radius 1 is 0.971 bits per heavy atom. The Morgan fingerprint density at radius 3 is 2.12 bits per heavy atom. The second kappa shape index (κ2) is 11.9. The van der Waals surface area contributed by atoms with Gasteiger partial charge in [-0.25, -0.2) is 13.2 Å². The van der Waals surface area contributed by atoms with E-state index in [0.29, 0.717) is 18.8 Å². The number of amides is 4. The zero-order valence-corrected chi connectivity index (χ0v) is 19.9. The molecule has 0 aliphatic heterocycles. The van der Waals surface area contributed by atoms with Crippen molar-refractivity contribution in [2.24, 2.45) is 11.7 Å². The van der Waals surface area contributed by atoms with E-state index in [4.69, 9.17) is 10.5 Å². The second-order valence-corrected chi connectivity index (χ2v) is 9.08. The molecule has 2 unspecified atom stereocenters. The predicted molar refractivity (Wildman–Crippen MR) is 126 cm³/mol. The Morgan fingerprint density at radius 2 is 1.59 bits per heavy atom. The number of ether oxygens (including phenoxy) is 1. The van der Waals surface area contributed by atoms with Gasteiger partial charge in [-0.05, 0) is 61.4 Å². The molecule has 6 N–H and O–H groups in total. The lowest BCUT2D eigenvalue weighted by Crippen LogP contribution is -2.55. The van der Waals surface area contributed by atoms with Gasteiger partial charge in [0.15, 0.2) is 0 Å². The summed E-state index contributed by atoms with van der Waals surface area (Å²) in [7, 11) is -3.84. The third kappa shape index (κ3) is 7.37. The quantitative estimate of drug-likeness (QED) is 0.317. The first-order chi connectivity index (χ1) is 16.1. The maximum absolute atomic E-state index is 12.6. The van der Waals surface area contributed by atoms with Crippen LogP contribution in [0.15, 0.2) is 53.4 Å². The first-order valence-corrected chi connectivity index (χ1v) is 12.1. The predicted octanol–water partition coefficient (Wildman–Crippen LogP) is 1.73. The number of hydrazine groups is 1. The van der Waals surface area contributed by atoms with Crippen molar-refractivity contribution in [1.29, 1.82) is 0 Å². The van der Waals surface area contributed by atoms with E-state index in [0.717, 1.165) is 0 Å². The SMILES string of the molecule is CCOc1ccc(S(=O)(=O)Nc2ccc(C(=O)NNC(=O)C(NC(N)=O)C(C)CC)cc2)cc1. The summed E-state index contributed by atoms with van der Waals surface area (Å²) in [6.07, 6.45) is 0.598. The van der Waals surface area contributed by atoms with Crippen LogP contribution in [0.4, 0.5) is 10.5 Å². The molecule has 4 amide bonds. The maximum Gasteiger partial charge on any atom is 0.312 e. The summed E-state index contributed by atoms with van der Waals surface area (Å²) in [5.41, 5.74) is 10.1. The Hall–Kier alpha value is -3.80. The summed E-state index contributed by atoms with van der Waals surface area (Å²) >= 11 is 0. The first kappa shape index (κ1) is 26.5. The number of rotatable bonds is 10. The molecule has 34 heavy (non-hydrogen) atoms. The highest BCUT2D eigenvalue weighted by atomic mass is 32.2. The van der Waals surface area contributed by atoms with Crippen molar-refractivity contribution in [2.45, 2.75) is 38.1 Å². The van der Waals surface area contributed by atoms with Crippen molar-refractivity contribution in [3.63, 3.8) is 0 Å². The van der Waals surface area contributed by atoms with Gasteiger partial charge in [-0.15, -0.1) is 0 Å². The van der Waals surface area contributed by atoms with Gasteiger partial charge in [-0.2, -0.15) is 0 Å². The summed E-state index contributed by atoms with van der Waals surface area (Å²) in [5, 5.41) is 2.35. The number of urea groups is 1. The minimum Gasteiger partial charge on any atom is -0.494 e. The third-order valence-electron chi connectivity index (χ3n) is 4.94. The minimum atomic E-state index is -3.84. The second-order valence-electron chi connectivity index (χ2n) is 7.40. The highest BCUT2D eigenvalue weighted by Gasteiger charge is 2.25. The van der Waals surface area contributed by atoms with Gasteiger partial charge in [-0.1, -0.05) is 20.3 Å². The van der Waals surface area contributed by atoms with Gasteiger partial charge in [0, 0.05) is 11.3 Å². The number of hydrogen-bond donors (Lipinski definition) is 5. The number of anilines is 1. The van der Waals surface area contributed by atoms with Crippen LogP contribution in [-0.4, -0.2) is 38.9 Å². The average molecular weight is 492 g/mol. The minimum absolute atomic E-state index is 0.0564. The maximum atomic E-state index is 12.6. The van der Waals surface area contributed by atoms with Crippen LogP contribution in [0.1, 0.15) is 37.6 Å². The van der Waals surface area contributed by atoms with Crippen molar-refractivity contribution in [2.75, 3.05) is 11.3 Å². The molecule has 0 heterocycles. The lowest BCUT2D eigenvalue weighted by atomic mass is 9.99. The van der Waals surface area contributed by atoms with Crippen molar-refractivity contribution >= 4 is 33.6 Å². The molecule has 0 saturated carbocycles. The van der Waals surface area contributed by atoms with Crippen LogP contribution in [-0.2, 0) is 14.8 Å². The zero-order valence-electron chi connectivity index (χ0n) is 19.1. The monoisotopic (exact) mass is 491 g/mol. The number of benzene rings is 2. The molecule has 0 radical (unpaired) electrons. The normalized spacial score (nSPS) is 12.7. The van der Waals surface area contributed by atoms with E-state index in [1.807, 2.05) is 13.8 Å². The lowest BCUT2D eigenvalue weighted by molar-refractivity contribution is -0.124. The van der Waals surface area contributed by atoms with Crippen LogP contribution in [0.5, 0.6) is 5.75 Å². The molecule has 2 aromatic carbocycles.